The van der Waals surface area contributed by atoms with Crippen molar-refractivity contribution in [2.24, 2.45) is 0 Å². The van der Waals surface area contributed by atoms with E-state index in [1.165, 1.54) is 53.2 Å². The highest BCUT2D eigenvalue weighted by Crippen LogP contribution is 2.32. The van der Waals surface area contributed by atoms with Gasteiger partial charge in [-0.15, -0.1) is 11.3 Å². The summed E-state index contributed by atoms with van der Waals surface area (Å²) in [4.78, 5) is 0.0616. The molecule has 1 fully saturated rings. The lowest BCUT2D eigenvalue weighted by Crippen LogP contribution is -2.50. The summed E-state index contributed by atoms with van der Waals surface area (Å²) in [6, 6.07) is 7.33. The van der Waals surface area contributed by atoms with E-state index in [1.807, 2.05) is 0 Å². The van der Waals surface area contributed by atoms with E-state index in [1.54, 1.807) is 0 Å². The van der Waals surface area contributed by atoms with Crippen molar-refractivity contribution >= 4 is 43.0 Å². The molecule has 8 nitrogen and oxygen atoms in total. The number of hydrogen-bond donors (Lipinski definition) is 0. The molecule has 0 bridgehead atoms. The highest BCUT2D eigenvalue weighted by molar-refractivity contribution is 7.91. The van der Waals surface area contributed by atoms with Crippen LogP contribution in [0.15, 0.2) is 39.4 Å². The highest BCUT2D eigenvalue weighted by Gasteiger charge is 2.34. The molecule has 0 amide bonds. The molecule has 28 heavy (non-hydrogen) atoms. The number of nitrogens with zero attached hydrogens (tertiary/aromatic N) is 2. The molecule has 0 unspecified atom stereocenters. The van der Waals surface area contributed by atoms with Crippen LogP contribution in [0.1, 0.15) is 0 Å². The van der Waals surface area contributed by atoms with Crippen LogP contribution in [0.3, 0.4) is 0 Å². The number of hydrogen-bond acceptors (Lipinski definition) is 7. The molecule has 1 aromatic carbocycles. The molecule has 0 saturated carbocycles. The molecule has 0 spiro atoms. The van der Waals surface area contributed by atoms with Crippen molar-refractivity contribution in [2.45, 2.75) is 9.10 Å². The minimum Gasteiger partial charge on any atom is -0.493 e. The lowest BCUT2D eigenvalue weighted by molar-refractivity contribution is 0.273. The lowest BCUT2D eigenvalue weighted by Gasteiger charge is -2.33. The van der Waals surface area contributed by atoms with Crippen molar-refractivity contribution in [2.75, 3.05) is 40.4 Å². The number of methoxy groups -OCH3 is 2. The SMILES string of the molecule is COc1ccc(S(=O)(=O)N2CCN(S(=O)(=O)c3ccc(Cl)s3)CC2)cc1OC. The van der Waals surface area contributed by atoms with Gasteiger partial charge in [-0.05, 0) is 24.3 Å². The summed E-state index contributed by atoms with van der Waals surface area (Å²) in [5.74, 6) is 0.728. The maximum Gasteiger partial charge on any atom is 0.252 e. The monoisotopic (exact) mass is 466 g/mol. The largest absolute Gasteiger partial charge is 0.493 e. The van der Waals surface area contributed by atoms with Crippen LogP contribution in [0.25, 0.3) is 0 Å². The molecule has 12 heteroatoms. The molecule has 2 aromatic rings. The number of sulfonamides is 2. The maximum atomic E-state index is 12.9. The summed E-state index contributed by atoms with van der Waals surface area (Å²) in [5, 5.41) is 0. The van der Waals surface area contributed by atoms with Gasteiger partial charge in [0.1, 0.15) is 4.21 Å². The maximum absolute atomic E-state index is 12.9. The zero-order valence-electron chi connectivity index (χ0n) is 15.2. The smallest absolute Gasteiger partial charge is 0.252 e. The summed E-state index contributed by atoms with van der Waals surface area (Å²) >= 11 is 6.81. The second-order valence-corrected chi connectivity index (χ2v) is 11.7. The second-order valence-electron chi connectivity index (χ2n) is 5.88. The molecule has 0 radical (unpaired) electrons. The zero-order chi connectivity index (χ0) is 20.5. The average molecular weight is 467 g/mol. The molecule has 3 rings (SSSR count). The number of piperazine rings is 1. The van der Waals surface area contributed by atoms with Crippen LogP contribution < -0.4 is 9.47 Å². The van der Waals surface area contributed by atoms with Crippen LogP contribution in [-0.4, -0.2) is 65.8 Å². The van der Waals surface area contributed by atoms with Crippen LogP contribution in [0, 0.1) is 0 Å². The Morgan fingerprint density at radius 3 is 1.93 bits per heavy atom. The topological polar surface area (TPSA) is 93.2 Å². The van der Waals surface area contributed by atoms with Crippen LogP contribution in [0.2, 0.25) is 4.34 Å². The van der Waals surface area contributed by atoms with E-state index >= 15 is 0 Å². The minimum atomic E-state index is -3.79. The Morgan fingerprint density at radius 1 is 0.857 bits per heavy atom. The Hall–Kier alpha value is -1.37. The van der Waals surface area contributed by atoms with Gasteiger partial charge in [0.15, 0.2) is 11.5 Å². The summed E-state index contributed by atoms with van der Waals surface area (Å²) in [5.41, 5.74) is 0. The third-order valence-electron chi connectivity index (χ3n) is 4.33. The molecule has 0 aliphatic carbocycles. The van der Waals surface area contributed by atoms with Crippen molar-refractivity contribution < 1.29 is 26.3 Å². The van der Waals surface area contributed by atoms with Gasteiger partial charge in [0.05, 0.1) is 23.5 Å². The average Bonchev–Trinajstić information content (AvgIpc) is 3.14. The van der Waals surface area contributed by atoms with E-state index < -0.39 is 20.0 Å². The van der Waals surface area contributed by atoms with Gasteiger partial charge in [-0.2, -0.15) is 8.61 Å². The fourth-order valence-corrected chi connectivity index (χ4v) is 7.34. The van der Waals surface area contributed by atoms with Gasteiger partial charge in [-0.25, -0.2) is 16.8 Å². The molecule has 0 N–H and O–H groups in total. The van der Waals surface area contributed by atoms with Crippen molar-refractivity contribution in [3.63, 3.8) is 0 Å². The van der Waals surface area contributed by atoms with E-state index in [9.17, 15) is 16.8 Å². The first-order valence-electron chi connectivity index (χ1n) is 8.18. The first kappa shape index (κ1) is 21.3. The highest BCUT2D eigenvalue weighted by atomic mass is 35.5. The predicted octanol–water partition coefficient (Wildman–Crippen LogP) is 2.11. The number of benzene rings is 1. The summed E-state index contributed by atoms with van der Waals surface area (Å²) < 4.78 is 64.5. The molecular weight excluding hydrogens is 448 g/mol. The summed E-state index contributed by atoms with van der Waals surface area (Å²) in [7, 11) is -4.59. The first-order chi connectivity index (χ1) is 13.2. The number of rotatable bonds is 6. The molecule has 1 saturated heterocycles. The molecule has 1 aromatic heterocycles. The Bertz CT molecular complexity index is 1060. The molecule has 154 valence electrons. The van der Waals surface area contributed by atoms with Crippen molar-refractivity contribution in [1.29, 1.82) is 0 Å². The number of ether oxygens (including phenoxy) is 2. The van der Waals surface area contributed by atoms with E-state index in [4.69, 9.17) is 21.1 Å². The van der Waals surface area contributed by atoms with E-state index in [-0.39, 0.29) is 35.3 Å². The summed E-state index contributed by atoms with van der Waals surface area (Å²) in [6.45, 7) is 0.221. The molecule has 1 aliphatic heterocycles. The molecule has 2 heterocycles. The van der Waals surface area contributed by atoms with Crippen LogP contribution in [0.4, 0.5) is 0 Å². The van der Waals surface area contributed by atoms with E-state index in [0.29, 0.717) is 15.8 Å². The quantitative estimate of drug-likeness (QED) is 0.647. The van der Waals surface area contributed by atoms with Gasteiger partial charge in [0.2, 0.25) is 10.0 Å². The normalized spacial score (nSPS) is 16.8. The van der Waals surface area contributed by atoms with Crippen molar-refractivity contribution in [3.05, 3.63) is 34.7 Å². The Balaban J connectivity index is 1.77. The third-order valence-corrected chi connectivity index (χ3v) is 9.82. The van der Waals surface area contributed by atoms with E-state index in [0.717, 1.165) is 11.3 Å². The van der Waals surface area contributed by atoms with Crippen molar-refractivity contribution in [3.8, 4) is 11.5 Å². The standard InChI is InChI=1S/C16H19ClN2O6S3/c1-24-13-4-3-12(11-14(13)25-2)27(20,21)18-7-9-19(10-8-18)28(22,23)16-6-5-15(17)26-16/h3-6,11H,7-10H2,1-2H3. The Labute approximate surface area is 173 Å². The predicted molar refractivity (Wildman–Crippen MR) is 106 cm³/mol. The Kier molecular flexibility index (Phi) is 6.23. The van der Waals surface area contributed by atoms with E-state index in [2.05, 4.69) is 0 Å². The van der Waals surface area contributed by atoms with Gasteiger partial charge < -0.3 is 9.47 Å². The fourth-order valence-electron chi connectivity index (χ4n) is 2.84. The van der Waals surface area contributed by atoms with Gasteiger partial charge >= 0.3 is 0 Å². The molecule has 0 atom stereocenters. The van der Waals surface area contributed by atoms with Crippen molar-refractivity contribution in [1.82, 2.24) is 8.61 Å². The van der Waals surface area contributed by atoms with Crippen LogP contribution in [-0.2, 0) is 20.0 Å². The minimum absolute atomic E-state index is 0.0506. The van der Waals surface area contributed by atoms with Gasteiger partial charge in [0.25, 0.3) is 10.0 Å². The second kappa shape index (κ2) is 8.17. The van der Waals surface area contributed by atoms with Crippen LogP contribution >= 0.6 is 22.9 Å². The lowest BCUT2D eigenvalue weighted by atomic mass is 10.3. The molecule has 1 aliphatic rings. The Morgan fingerprint density at radius 2 is 1.43 bits per heavy atom. The first-order valence-corrected chi connectivity index (χ1v) is 12.3. The number of thiophene rings is 1. The van der Waals surface area contributed by atoms with Gasteiger partial charge in [0, 0.05) is 32.2 Å². The van der Waals surface area contributed by atoms with Gasteiger partial charge in [-0.1, -0.05) is 11.6 Å². The molecular formula is C16H19ClN2O6S3. The number of halogens is 1. The summed E-state index contributed by atoms with van der Waals surface area (Å²) in [6.07, 6.45) is 0. The van der Waals surface area contributed by atoms with Crippen LogP contribution in [0.5, 0.6) is 11.5 Å². The third kappa shape index (κ3) is 4.00. The fraction of sp³-hybridized carbons (Fsp3) is 0.375. The zero-order valence-corrected chi connectivity index (χ0v) is 18.4. The van der Waals surface area contributed by atoms with Gasteiger partial charge in [-0.3, -0.25) is 0 Å².